The number of carbonyl (C=O) groups excluding carboxylic acids is 1. The minimum Gasteiger partial charge on any atom is -0.475 e. The molecule has 2 aliphatic rings. The lowest BCUT2D eigenvalue weighted by Gasteiger charge is -2.50. The van der Waals surface area contributed by atoms with Gasteiger partial charge >= 0.3 is 18.2 Å². The molecule has 39 heavy (non-hydrogen) atoms. The van der Waals surface area contributed by atoms with Crippen LogP contribution in [0.2, 0.25) is 0 Å². The summed E-state index contributed by atoms with van der Waals surface area (Å²) >= 11 is 0. The Morgan fingerprint density at radius 1 is 0.974 bits per heavy atom. The SMILES string of the molecule is CCN1CCn2c(-c3ccccc3)cnc2C12CCN(C(=O)NCc1ccccc1)CC2.O=C(O)C(F)(F)F. The molecule has 3 aromatic rings. The first-order valence-electron chi connectivity index (χ1n) is 12.9. The van der Waals surface area contributed by atoms with Crippen molar-refractivity contribution in [3.63, 3.8) is 0 Å². The van der Waals surface area contributed by atoms with Gasteiger partial charge in [0, 0.05) is 32.7 Å². The molecule has 11 heteroatoms. The second kappa shape index (κ2) is 11.9. The molecule has 1 spiro atoms. The molecular formula is C28H32F3N5O3. The van der Waals surface area contributed by atoms with Crippen molar-refractivity contribution in [2.75, 3.05) is 26.2 Å². The predicted octanol–water partition coefficient (Wildman–Crippen LogP) is 4.72. The molecular weight excluding hydrogens is 511 g/mol. The molecule has 208 valence electrons. The number of carboxylic acids is 1. The van der Waals surface area contributed by atoms with Crippen LogP contribution in [0.4, 0.5) is 18.0 Å². The van der Waals surface area contributed by atoms with Crippen molar-refractivity contribution in [3.05, 3.63) is 78.2 Å². The molecule has 3 heterocycles. The summed E-state index contributed by atoms with van der Waals surface area (Å²) in [6.45, 7) is 7.24. The van der Waals surface area contributed by atoms with Crippen molar-refractivity contribution >= 4 is 12.0 Å². The number of nitrogens with zero attached hydrogens (tertiary/aromatic N) is 4. The zero-order chi connectivity index (χ0) is 28.0. The van der Waals surface area contributed by atoms with Gasteiger partial charge in [0.25, 0.3) is 0 Å². The summed E-state index contributed by atoms with van der Waals surface area (Å²) in [6, 6.07) is 20.6. The van der Waals surface area contributed by atoms with Gasteiger partial charge in [-0.1, -0.05) is 67.6 Å². The number of carboxylic acid groups (broad SMARTS) is 1. The number of fused-ring (bicyclic) bond motifs is 2. The number of hydrogen-bond acceptors (Lipinski definition) is 4. The van der Waals surface area contributed by atoms with Gasteiger partial charge in [-0.3, -0.25) is 4.90 Å². The minimum absolute atomic E-state index is 0.0240. The molecule has 0 atom stereocenters. The third-order valence-electron chi connectivity index (χ3n) is 7.33. The number of rotatable bonds is 4. The number of aromatic nitrogens is 2. The summed E-state index contributed by atoms with van der Waals surface area (Å²) in [5.41, 5.74) is 3.42. The molecule has 5 rings (SSSR count). The van der Waals surface area contributed by atoms with Gasteiger partial charge in [0.2, 0.25) is 0 Å². The number of amides is 2. The lowest BCUT2D eigenvalue weighted by Crippen LogP contribution is -2.59. The number of benzene rings is 2. The highest BCUT2D eigenvalue weighted by Gasteiger charge is 2.47. The molecule has 8 nitrogen and oxygen atoms in total. The largest absolute Gasteiger partial charge is 0.490 e. The Kier molecular flexibility index (Phi) is 8.59. The molecule has 1 aromatic heterocycles. The number of imidazole rings is 1. The Morgan fingerprint density at radius 2 is 1.56 bits per heavy atom. The van der Waals surface area contributed by atoms with Crippen molar-refractivity contribution in [2.45, 2.75) is 44.6 Å². The van der Waals surface area contributed by atoms with Crippen LogP contribution in [0.3, 0.4) is 0 Å². The van der Waals surface area contributed by atoms with Crippen LogP contribution >= 0.6 is 0 Å². The average molecular weight is 544 g/mol. The van der Waals surface area contributed by atoms with Crippen LogP contribution in [0.1, 0.15) is 31.2 Å². The van der Waals surface area contributed by atoms with E-state index >= 15 is 0 Å². The van der Waals surface area contributed by atoms with Crippen LogP contribution in [-0.2, 0) is 23.4 Å². The third kappa shape index (κ3) is 6.25. The van der Waals surface area contributed by atoms with E-state index in [1.165, 1.54) is 11.3 Å². The van der Waals surface area contributed by atoms with Gasteiger partial charge in [-0.2, -0.15) is 13.2 Å². The highest BCUT2D eigenvalue weighted by atomic mass is 19.4. The maximum Gasteiger partial charge on any atom is 0.490 e. The van der Waals surface area contributed by atoms with Crippen LogP contribution in [0.15, 0.2) is 66.9 Å². The smallest absolute Gasteiger partial charge is 0.475 e. The lowest BCUT2D eigenvalue weighted by atomic mass is 9.83. The average Bonchev–Trinajstić information content (AvgIpc) is 3.39. The van der Waals surface area contributed by atoms with Crippen molar-refractivity contribution in [1.82, 2.24) is 24.7 Å². The number of likely N-dealkylation sites (tertiary alicyclic amines) is 1. The van der Waals surface area contributed by atoms with E-state index in [1.807, 2.05) is 41.4 Å². The molecule has 2 amide bonds. The first-order chi connectivity index (χ1) is 18.7. The molecule has 2 aromatic carbocycles. The molecule has 1 fully saturated rings. The number of aliphatic carboxylic acids is 1. The van der Waals surface area contributed by atoms with Gasteiger partial charge in [-0.15, -0.1) is 0 Å². The third-order valence-corrected chi connectivity index (χ3v) is 7.33. The summed E-state index contributed by atoms with van der Waals surface area (Å²) in [7, 11) is 0. The Hall–Kier alpha value is -3.86. The van der Waals surface area contributed by atoms with Crippen molar-refractivity contribution in [1.29, 1.82) is 0 Å². The first-order valence-corrected chi connectivity index (χ1v) is 12.9. The number of alkyl halides is 3. The van der Waals surface area contributed by atoms with Gasteiger partial charge in [0.05, 0.1) is 17.4 Å². The van der Waals surface area contributed by atoms with E-state index in [2.05, 4.69) is 52.0 Å². The van der Waals surface area contributed by atoms with Crippen LogP contribution in [0.5, 0.6) is 0 Å². The standard InChI is InChI=1S/C26H31N5O.C2HF3O2/c1-2-30-17-18-31-23(22-11-7-4-8-12-22)20-27-24(31)26(30)13-15-29(16-14-26)25(32)28-19-21-9-5-3-6-10-21;3-2(4,5)1(6)7/h3-12,20H,2,13-19H2,1H3,(H,28,32);(H,6,7). The number of carbonyl (C=O) groups is 2. The van der Waals surface area contributed by atoms with E-state index in [9.17, 15) is 18.0 Å². The zero-order valence-electron chi connectivity index (χ0n) is 21.7. The van der Waals surface area contributed by atoms with Crippen molar-refractivity contribution in [2.24, 2.45) is 0 Å². The topological polar surface area (TPSA) is 90.7 Å². The second-order valence-corrected chi connectivity index (χ2v) is 9.53. The molecule has 2 aliphatic heterocycles. The summed E-state index contributed by atoms with van der Waals surface area (Å²) in [4.78, 5) is 31.2. The lowest BCUT2D eigenvalue weighted by molar-refractivity contribution is -0.192. The fourth-order valence-corrected chi connectivity index (χ4v) is 5.35. The van der Waals surface area contributed by atoms with Crippen LogP contribution in [0, 0.1) is 0 Å². The fraction of sp³-hybridized carbons (Fsp3) is 0.393. The van der Waals surface area contributed by atoms with Crippen LogP contribution < -0.4 is 5.32 Å². The van der Waals surface area contributed by atoms with Gasteiger partial charge in [-0.05, 0) is 30.5 Å². The number of nitrogens with one attached hydrogen (secondary N) is 1. The second-order valence-electron chi connectivity index (χ2n) is 9.53. The highest BCUT2D eigenvalue weighted by molar-refractivity contribution is 5.74. The van der Waals surface area contributed by atoms with Gasteiger partial charge in [-0.25, -0.2) is 14.6 Å². The molecule has 0 bridgehead atoms. The van der Waals surface area contributed by atoms with Crippen molar-refractivity contribution < 1.29 is 27.9 Å². The minimum atomic E-state index is -5.08. The van der Waals surface area contributed by atoms with Gasteiger partial charge in [0.1, 0.15) is 5.82 Å². The van der Waals surface area contributed by atoms with Crippen LogP contribution in [-0.4, -0.2) is 68.8 Å². The maximum absolute atomic E-state index is 12.8. The summed E-state index contributed by atoms with van der Waals surface area (Å²) < 4.78 is 34.1. The van der Waals surface area contributed by atoms with E-state index in [0.29, 0.717) is 6.54 Å². The molecule has 1 saturated heterocycles. The fourth-order valence-electron chi connectivity index (χ4n) is 5.35. The Bertz CT molecular complexity index is 1260. The normalized spacial score (nSPS) is 16.7. The molecule has 0 saturated carbocycles. The summed E-state index contributed by atoms with van der Waals surface area (Å²) in [5, 5.41) is 10.2. The zero-order valence-corrected chi connectivity index (χ0v) is 21.7. The molecule has 2 N–H and O–H groups in total. The number of likely N-dealkylation sites (N-methyl/N-ethyl adjacent to an activating group) is 1. The monoisotopic (exact) mass is 543 g/mol. The van der Waals surface area contributed by atoms with E-state index < -0.39 is 12.1 Å². The van der Waals surface area contributed by atoms with Gasteiger partial charge < -0.3 is 19.9 Å². The van der Waals surface area contributed by atoms with E-state index in [0.717, 1.165) is 57.0 Å². The molecule has 0 aliphatic carbocycles. The number of piperidine rings is 1. The Labute approximate surface area is 225 Å². The number of urea groups is 1. The van der Waals surface area contributed by atoms with Gasteiger partial charge in [0.15, 0.2) is 0 Å². The first kappa shape index (κ1) is 28.2. The summed E-state index contributed by atoms with van der Waals surface area (Å²) in [6.07, 6.45) is -1.24. The maximum atomic E-state index is 12.8. The summed E-state index contributed by atoms with van der Waals surface area (Å²) in [5.74, 6) is -1.60. The van der Waals surface area contributed by atoms with E-state index in [4.69, 9.17) is 14.9 Å². The van der Waals surface area contributed by atoms with Crippen molar-refractivity contribution in [3.8, 4) is 11.3 Å². The Balaban J connectivity index is 0.000000448. The molecule has 0 radical (unpaired) electrons. The highest BCUT2D eigenvalue weighted by Crippen LogP contribution is 2.42. The quantitative estimate of drug-likeness (QED) is 0.497. The number of halogens is 3. The van der Waals surface area contributed by atoms with E-state index in [1.54, 1.807) is 0 Å². The van der Waals surface area contributed by atoms with Crippen LogP contribution in [0.25, 0.3) is 11.3 Å². The Morgan fingerprint density at radius 3 is 2.13 bits per heavy atom. The number of hydrogen-bond donors (Lipinski definition) is 2. The van der Waals surface area contributed by atoms with E-state index in [-0.39, 0.29) is 11.6 Å². The predicted molar refractivity (Wildman–Crippen MR) is 140 cm³/mol. The molecule has 0 unspecified atom stereocenters.